The Morgan fingerprint density at radius 2 is 2.36 bits per heavy atom. The zero-order valence-corrected chi connectivity index (χ0v) is 9.40. The minimum absolute atomic E-state index is 0.365. The van der Waals surface area contributed by atoms with Crippen molar-refractivity contribution in [1.29, 1.82) is 0 Å². The number of hydrogen-bond donors (Lipinski definition) is 0. The molecule has 1 aromatic heterocycles. The van der Waals surface area contributed by atoms with E-state index in [1.165, 1.54) is 18.4 Å². The molecule has 1 heterocycles. The molecule has 0 aromatic carbocycles. The van der Waals surface area contributed by atoms with E-state index in [1.807, 2.05) is 5.38 Å². The van der Waals surface area contributed by atoms with Gasteiger partial charge in [0.05, 0.1) is 4.88 Å². The largest absolute Gasteiger partial charge is 0.293 e. The highest BCUT2D eigenvalue weighted by Gasteiger charge is 2.22. The second kappa shape index (κ2) is 4.26. The van der Waals surface area contributed by atoms with E-state index >= 15 is 0 Å². The van der Waals surface area contributed by atoms with Gasteiger partial charge in [0.1, 0.15) is 0 Å². The molecule has 1 aliphatic carbocycles. The van der Waals surface area contributed by atoms with Gasteiger partial charge >= 0.3 is 0 Å². The summed E-state index contributed by atoms with van der Waals surface area (Å²) in [6.45, 7) is 2.11. The summed E-state index contributed by atoms with van der Waals surface area (Å²) in [5.41, 5.74) is 1.23. The van der Waals surface area contributed by atoms with Gasteiger partial charge in [-0.3, -0.25) is 4.79 Å². The summed E-state index contributed by atoms with van der Waals surface area (Å²) < 4.78 is 0. The van der Waals surface area contributed by atoms with E-state index in [1.54, 1.807) is 11.3 Å². The highest BCUT2D eigenvalue weighted by atomic mass is 32.1. The van der Waals surface area contributed by atoms with Crippen molar-refractivity contribution < 1.29 is 4.79 Å². The summed E-state index contributed by atoms with van der Waals surface area (Å²) in [5.74, 6) is 1.23. The predicted molar refractivity (Wildman–Crippen MR) is 60.0 cm³/mol. The van der Waals surface area contributed by atoms with Gasteiger partial charge in [-0.25, -0.2) is 0 Å². The molecule has 1 aliphatic rings. The second-order valence-electron chi connectivity index (χ2n) is 4.03. The van der Waals surface area contributed by atoms with E-state index in [0.29, 0.717) is 5.78 Å². The van der Waals surface area contributed by atoms with Crippen LogP contribution in [0.2, 0.25) is 0 Å². The van der Waals surface area contributed by atoms with Crippen molar-refractivity contribution >= 4 is 17.1 Å². The van der Waals surface area contributed by atoms with Gasteiger partial charge in [0.15, 0.2) is 5.78 Å². The molecule has 0 amide bonds. The summed E-state index contributed by atoms with van der Waals surface area (Å²) in [6, 6.07) is 2.08. The Labute approximate surface area is 89.1 Å². The number of rotatable bonds is 5. The van der Waals surface area contributed by atoms with Gasteiger partial charge in [0, 0.05) is 6.42 Å². The lowest BCUT2D eigenvalue weighted by atomic mass is 10.1. The number of carbonyl (C=O) groups is 1. The zero-order valence-electron chi connectivity index (χ0n) is 8.58. The first-order valence-electron chi connectivity index (χ1n) is 5.40. The highest BCUT2D eigenvalue weighted by Crippen LogP contribution is 2.34. The van der Waals surface area contributed by atoms with Crippen molar-refractivity contribution in [2.24, 2.45) is 5.92 Å². The van der Waals surface area contributed by atoms with E-state index < -0.39 is 0 Å². The van der Waals surface area contributed by atoms with Crippen LogP contribution in [0.1, 0.15) is 47.8 Å². The molecule has 0 bridgehead atoms. The number of thiophene rings is 1. The summed E-state index contributed by atoms with van der Waals surface area (Å²) in [5, 5.41) is 2.03. The third-order valence-electron chi connectivity index (χ3n) is 2.86. The van der Waals surface area contributed by atoms with Gasteiger partial charge in [0.25, 0.3) is 0 Å². The van der Waals surface area contributed by atoms with Gasteiger partial charge in [-0.05, 0) is 35.8 Å². The standard InChI is InChI=1S/C12H16OS/c1-2-10-7-8-14-12(10)11(13)6-5-9-3-4-9/h7-9H,2-6H2,1H3. The number of carbonyl (C=O) groups excluding carboxylic acids is 1. The van der Waals surface area contributed by atoms with Crippen LogP contribution in [0.3, 0.4) is 0 Å². The number of ketones is 1. The molecule has 0 spiro atoms. The molecule has 76 valence electrons. The van der Waals surface area contributed by atoms with Gasteiger partial charge in [-0.1, -0.05) is 19.8 Å². The highest BCUT2D eigenvalue weighted by molar-refractivity contribution is 7.12. The van der Waals surface area contributed by atoms with Crippen LogP contribution < -0.4 is 0 Å². The smallest absolute Gasteiger partial charge is 0.173 e. The van der Waals surface area contributed by atoms with E-state index in [0.717, 1.165) is 30.1 Å². The molecule has 0 saturated heterocycles. The minimum Gasteiger partial charge on any atom is -0.293 e. The molecule has 1 fully saturated rings. The third-order valence-corrected chi connectivity index (χ3v) is 3.86. The molecule has 14 heavy (non-hydrogen) atoms. The van der Waals surface area contributed by atoms with Crippen molar-refractivity contribution in [3.05, 3.63) is 21.9 Å². The molecule has 2 heteroatoms. The molecule has 1 aromatic rings. The lowest BCUT2D eigenvalue weighted by molar-refractivity contribution is 0.0981. The van der Waals surface area contributed by atoms with Crippen molar-refractivity contribution in [3.8, 4) is 0 Å². The summed E-state index contributed by atoms with van der Waals surface area (Å²) >= 11 is 1.60. The van der Waals surface area contributed by atoms with E-state index in [-0.39, 0.29) is 0 Å². The molecule has 2 rings (SSSR count). The van der Waals surface area contributed by atoms with Crippen molar-refractivity contribution in [1.82, 2.24) is 0 Å². The topological polar surface area (TPSA) is 17.1 Å². The van der Waals surface area contributed by atoms with Gasteiger partial charge < -0.3 is 0 Å². The monoisotopic (exact) mass is 208 g/mol. The maximum atomic E-state index is 11.8. The minimum atomic E-state index is 0.365. The van der Waals surface area contributed by atoms with E-state index in [4.69, 9.17) is 0 Å². The Balaban J connectivity index is 1.94. The maximum Gasteiger partial charge on any atom is 0.173 e. The lowest BCUT2D eigenvalue weighted by Crippen LogP contribution is -1.99. The predicted octanol–water partition coefficient (Wildman–Crippen LogP) is 3.68. The first-order valence-corrected chi connectivity index (χ1v) is 6.28. The van der Waals surface area contributed by atoms with Crippen LogP contribution in [0, 0.1) is 5.92 Å². The molecule has 0 atom stereocenters. The van der Waals surface area contributed by atoms with Crippen LogP contribution in [0.4, 0.5) is 0 Å². The number of aryl methyl sites for hydroxylation is 1. The van der Waals surface area contributed by atoms with Crippen molar-refractivity contribution in [2.75, 3.05) is 0 Å². The first kappa shape index (κ1) is 9.91. The van der Waals surface area contributed by atoms with E-state index in [2.05, 4.69) is 13.0 Å². The Hall–Kier alpha value is -0.630. The summed E-state index contributed by atoms with van der Waals surface area (Å²) in [4.78, 5) is 12.8. The van der Waals surface area contributed by atoms with Crippen LogP contribution in [-0.4, -0.2) is 5.78 Å². The fraction of sp³-hybridized carbons (Fsp3) is 0.583. The number of Topliss-reactive ketones (excluding diaryl/α,β-unsaturated/α-hetero) is 1. The third kappa shape index (κ3) is 2.24. The SMILES string of the molecule is CCc1ccsc1C(=O)CCC1CC1. The van der Waals surface area contributed by atoms with Crippen molar-refractivity contribution in [2.45, 2.75) is 39.0 Å². The molecule has 0 radical (unpaired) electrons. The Bertz CT molecular complexity index is 323. The maximum absolute atomic E-state index is 11.8. The van der Waals surface area contributed by atoms with Crippen LogP contribution >= 0.6 is 11.3 Å². The lowest BCUT2D eigenvalue weighted by Gasteiger charge is -1.99. The molecule has 1 nitrogen and oxygen atoms in total. The Morgan fingerprint density at radius 3 is 3.00 bits per heavy atom. The van der Waals surface area contributed by atoms with E-state index in [9.17, 15) is 4.79 Å². The first-order chi connectivity index (χ1) is 6.81. The Kier molecular flexibility index (Phi) is 3.02. The average Bonchev–Trinajstić information content (AvgIpc) is 2.90. The molecule has 0 N–H and O–H groups in total. The normalized spacial score (nSPS) is 15.8. The van der Waals surface area contributed by atoms with Crippen LogP contribution in [0.15, 0.2) is 11.4 Å². The Morgan fingerprint density at radius 1 is 1.57 bits per heavy atom. The second-order valence-corrected chi connectivity index (χ2v) is 4.95. The van der Waals surface area contributed by atoms with Crippen molar-refractivity contribution in [3.63, 3.8) is 0 Å². The van der Waals surface area contributed by atoms with Crippen LogP contribution in [0.25, 0.3) is 0 Å². The average molecular weight is 208 g/mol. The van der Waals surface area contributed by atoms with Crippen LogP contribution in [0.5, 0.6) is 0 Å². The van der Waals surface area contributed by atoms with Gasteiger partial charge in [-0.15, -0.1) is 11.3 Å². The fourth-order valence-electron chi connectivity index (χ4n) is 1.71. The molecule has 0 aliphatic heterocycles. The molecular formula is C12H16OS. The fourth-order valence-corrected chi connectivity index (χ4v) is 2.68. The van der Waals surface area contributed by atoms with Crippen LogP contribution in [-0.2, 0) is 6.42 Å². The van der Waals surface area contributed by atoms with Gasteiger partial charge in [-0.2, -0.15) is 0 Å². The molecule has 0 unspecified atom stereocenters. The summed E-state index contributed by atoms with van der Waals surface area (Å²) in [6.07, 6.45) is 5.54. The van der Waals surface area contributed by atoms with Gasteiger partial charge in [0.2, 0.25) is 0 Å². The molecular weight excluding hydrogens is 192 g/mol. The number of hydrogen-bond acceptors (Lipinski definition) is 2. The summed E-state index contributed by atoms with van der Waals surface area (Å²) in [7, 11) is 0. The quantitative estimate of drug-likeness (QED) is 0.674. The molecule has 1 saturated carbocycles. The zero-order chi connectivity index (χ0) is 9.97.